The van der Waals surface area contributed by atoms with Crippen LogP contribution in [-0.4, -0.2) is 9.97 Å². The topological polar surface area (TPSA) is 28.7 Å². The van der Waals surface area contributed by atoms with Crippen LogP contribution in [0.1, 0.15) is 11.4 Å². The number of nitrogens with zero attached hydrogens (tertiary/aromatic N) is 1. The number of H-pyrrole nitrogens is 1. The fourth-order valence-electron chi connectivity index (χ4n) is 2.66. The van der Waals surface area contributed by atoms with Crippen molar-refractivity contribution in [1.82, 2.24) is 9.97 Å². The van der Waals surface area contributed by atoms with Gasteiger partial charge in [0.2, 0.25) is 0 Å². The van der Waals surface area contributed by atoms with Gasteiger partial charge in [-0.3, -0.25) is 0 Å². The minimum atomic E-state index is -0.232. The van der Waals surface area contributed by atoms with Crippen molar-refractivity contribution in [3.8, 4) is 11.1 Å². The van der Waals surface area contributed by atoms with Crippen LogP contribution in [0.2, 0.25) is 0 Å². The maximum Gasteiger partial charge on any atom is 0.131 e. The fraction of sp³-hybridized carbons (Fsp3) is 0. The van der Waals surface area contributed by atoms with E-state index in [-0.39, 0.29) is 5.82 Å². The van der Waals surface area contributed by atoms with E-state index in [1.54, 1.807) is 12.1 Å². The smallest absolute Gasteiger partial charge is 0.131 e. The molecule has 2 nitrogen and oxygen atoms in total. The average Bonchev–Trinajstić information content (AvgIpc) is 3.04. The van der Waals surface area contributed by atoms with E-state index in [9.17, 15) is 4.39 Å². The van der Waals surface area contributed by atoms with Gasteiger partial charge < -0.3 is 4.98 Å². The summed E-state index contributed by atoms with van der Waals surface area (Å²) in [5.41, 5.74) is 5.17. The van der Waals surface area contributed by atoms with Crippen LogP contribution in [0.15, 0.2) is 72.8 Å². The van der Waals surface area contributed by atoms with Gasteiger partial charge in [0.15, 0.2) is 0 Å². The summed E-state index contributed by atoms with van der Waals surface area (Å²) in [5, 5.41) is 0. The molecule has 0 saturated heterocycles. The zero-order chi connectivity index (χ0) is 16.4. The predicted octanol–water partition coefficient (Wildman–Crippen LogP) is 5.54. The van der Waals surface area contributed by atoms with Crippen molar-refractivity contribution in [2.75, 3.05) is 0 Å². The third-order valence-corrected chi connectivity index (χ3v) is 3.91. The molecule has 0 spiro atoms. The van der Waals surface area contributed by atoms with Gasteiger partial charge >= 0.3 is 0 Å². The molecule has 0 radical (unpaired) electrons. The maximum atomic E-state index is 12.9. The van der Waals surface area contributed by atoms with Crippen LogP contribution in [0.25, 0.3) is 34.3 Å². The average molecular weight is 314 g/mol. The molecule has 4 aromatic rings. The van der Waals surface area contributed by atoms with Crippen LogP contribution in [0.4, 0.5) is 4.39 Å². The number of benzene rings is 3. The quantitative estimate of drug-likeness (QED) is 0.528. The third-order valence-electron chi connectivity index (χ3n) is 3.91. The molecular formula is C21H15FN2. The van der Waals surface area contributed by atoms with Crippen LogP contribution >= 0.6 is 0 Å². The van der Waals surface area contributed by atoms with E-state index in [2.05, 4.69) is 34.2 Å². The molecule has 0 aliphatic carbocycles. The minimum absolute atomic E-state index is 0.232. The van der Waals surface area contributed by atoms with Crippen molar-refractivity contribution in [1.29, 1.82) is 0 Å². The molecule has 0 saturated carbocycles. The first-order valence-corrected chi connectivity index (χ1v) is 7.77. The van der Waals surface area contributed by atoms with Gasteiger partial charge in [-0.2, -0.15) is 0 Å². The van der Waals surface area contributed by atoms with Gasteiger partial charge in [-0.1, -0.05) is 54.6 Å². The summed E-state index contributed by atoms with van der Waals surface area (Å²) >= 11 is 0. The highest BCUT2D eigenvalue weighted by Crippen LogP contribution is 2.23. The zero-order valence-corrected chi connectivity index (χ0v) is 12.9. The second-order valence-electron chi connectivity index (χ2n) is 5.60. The van der Waals surface area contributed by atoms with Gasteiger partial charge in [-0.25, -0.2) is 9.37 Å². The predicted molar refractivity (Wildman–Crippen MR) is 96.9 cm³/mol. The normalized spacial score (nSPS) is 11.4. The number of hydrogen-bond donors (Lipinski definition) is 1. The zero-order valence-electron chi connectivity index (χ0n) is 12.9. The second kappa shape index (κ2) is 6.13. The van der Waals surface area contributed by atoms with Crippen molar-refractivity contribution in [2.45, 2.75) is 0 Å². The van der Waals surface area contributed by atoms with Crippen molar-refractivity contribution in [3.05, 3.63) is 90.0 Å². The van der Waals surface area contributed by atoms with E-state index in [1.807, 2.05) is 36.4 Å². The Morgan fingerprint density at radius 2 is 1.58 bits per heavy atom. The molecule has 1 N–H and O–H groups in total. The molecule has 24 heavy (non-hydrogen) atoms. The van der Waals surface area contributed by atoms with E-state index in [0.29, 0.717) is 0 Å². The Kier molecular flexibility index (Phi) is 3.67. The number of halogens is 1. The first kappa shape index (κ1) is 14.4. The molecular weight excluding hydrogens is 299 g/mol. The molecule has 1 aromatic heterocycles. The van der Waals surface area contributed by atoms with Crippen LogP contribution in [0.5, 0.6) is 0 Å². The summed E-state index contributed by atoms with van der Waals surface area (Å²) in [7, 11) is 0. The third kappa shape index (κ3) is 2.97. The number of imidazole rings is 1. The van der Waals surface area contributed by atoms with Crippen LogP contribution in [0.3, 0.4) is 0 Å². The number of rotatable bonds is 3. The van der Waals surface area contributed by atoms with Gasteiger partial charge in [0, 0.05) is 0 Å². The number of fused-ring (bicyclic) bond motifs is 1. The molecule has 0 atom stereocenters. The fourth-order valence-corrected chi connectivity index (χ4v) is 2.66. The second-order valence-corrected chi connectivity index (χ2v) is 5.60. The van der Waals surface area contributed by atoms with E-state index < -0.39 is 0 Å². The standard InChI is InChI=1S/C21H15FN2/c22-18-10-6-15(7-11-18)8-13-21-23-19-12-9-17(14-20(19)24-21)16-4-2-1-3-5-16/h1-14H,(H,23,24)/b13-8+. The first-order chi connectivity index (χ1) is 11.8. The summed E-state index contributed by atoms with van der Waals surface area (Å²) in [4.78, 5) is 7.90. The highest BCUT2D eigenvalue weighted by Gasteiger charge is 2.03. The molecule has 0 aliphatic rings. The number of aromatic nitrogens is 2. The van der Waals surface area contributed by atoms with E-state index in [1.165, 1.54) is 17.7 Å². The van der Waals surface area contributed by atoms with Crippen LogP contribution in [0, 0.1) is 5.82 Å². The van der Waals surface area contributed by atoms with Crippen LogP contribution in [-0.2, 0) is 0 Å². The van der Waals surface area contributed by atoms with Crippen molar-refractivity contribution < 1.29 is 4.39 Å². The van der Waals surface area contributed by atoms with Crippen molar-refractivity contribution >= 4 is 23.2 Å². The number of nitrogens with one attached hydrogen (secondary N) is 1. The lowest BCUT2D eigenvalue weighted by Crippen LogP contribution is -1.77. The first-order valence-electron chi connectivity index (χ1n) is 7.77. The number of hydrogen-bond acceptors (Lipinski definition) is 1. The summed E-state index contributed by atoms with van der Waals surface area (Å²) in [5.74, 6) is 0.545. The molecule has 1 heterocycles. The van der Waals surface area contributed by atoms with E-state index >= 15 is 0 Å². The molecule has 3 aromatic carbocycles. The Hall–Kier alpha value is -3.20. The molecule has 116 valence electrons. The molecule has 0 amide bonds. The Balaban J connectivity index is 1.64. The monoisotopic (exact) mass is 314 g/mol. The molecule has 0 bridgehead atoms. The molecule has 4 rings (SSSR count). The summed E-state index contributed by atoms with van der Waals surface area (Å²) in [6.45, 7) is 0. The van der Waals surface area contributed by atoms with Gasteiger partial charge in [0.05, 0.1) is 11.0 Å². The summed E-state index contributed by atoms with van der Waals surface area (Å²) in [6, 6.07) is 22.8. The minimum Gasteiger partial charge on any atom is -0.338 e. The van der Waals surface area contributed by atoms with Gasteiger partial charge in [0.25, 0.3) is 0 Å². The molecule has 0 aliphatic heterocycles. The maximum absolute atomic E-state index is 12.9. The molecule has 3 heteroatoms. The Labute approximate surface area is 139 Å². The van der Waals surface area contributed by atoms with Crippen LogP contribution < -0.4 is 0 Å². The summed E-state index contributed by atoms with van der Waals surface area (Å²) < 4.78 is 12.9. The van der Waals surface area contributed by atoms with Gasteiger partial charge in [-0.15, -0.1) is 0 Å². The van der Waals surface area contributed by atoms with E-state index in [4.69, 9.17) is 0 Å². The van der Waals surface area contributed by atoms with E-state index in [0.717, 1.165) is 28.0 Å². The molecule has 0 unspecified atom stereocenters. The number of aromatic amines is 1. The SMILES string of the molecule is Fc1ccc(/C=C/c2nc3cc(-c4ccccc4)ccc3[nH]2)cc1. The van der Waals surface area contributed by atoms with Gasteiger partial charge in [0.1, 0.15) is 11.6 Å². The Morgan fingerprint density at radius 3 is 2.38 bits per heavy atom. The van der Waals surface area contributed by atoms with Crippen molar-refractivity contribution in [3.63, 3.8) is 0 Å². The molecule has 0 fully saturated rings. The lowest BCUT2D eigenvalue weighted by molar-refractivity contribution is 0.628. The van der Waals surface area contributed by atoms with Gasteiger partial charge in [-0.05, 0) is 47.0 Å². The lowest BCUT2D eigenvalue weighted by Gasteiger charge is -2.00. The Morgan fingerprint density at radius 1 is 0.792 bits per heavy atom. The van der Waals surface area contributed by atoms with Crippen molar-refractivity contribution in [2.24, 2.45) is 0 Å². The summed E-state index contributed by atoms with van der Waals surface area (Å²) in [6.07, 6.45) is 3.81. The largest absolute Gasteiger partial charge is 0.338 e. The highest BCUT2D eigenvalue weighted by molar-refractivity contribution is 5.83. The lowest BCUT2D eigenvalue weighted by atomic mass is 10.1. The Bertz CT molecular complexity index is 999. The highest BCUT2D eigenvalue weighted by atomic mass is 19.1.